The fourth-order valence-corrected chi connectivity index (χ4v) is 2.91. The first-order chi connectivity index (χ1) is 10.0. The molecule has 1 atom stereocenters. The van der Waals surface area contributed by atoms with E-state index in [1.165, 1.54) is 5.56 Å². The largest absolute Gasteiger partial charge is 0.494 e. The van der Waals surface area contributed by atoms with Crippen molar-refractivity contribution in [3.63, 3.8) is 0 Å². The van der Waals surface area contributed by atoms with Crippen molar-refractivity contribution < 1.29 is 4.74 Å². The minimum Gasteiger partial charge on any atom is -0.494 e. The molecule has 0 aliphatic carbocycles. The van der Waals surface area contributed by atoms with Crippen LogP contribution in [-0.2, 0) is 0 Å². The molecule has 0 bridgehead atoms. The minimum absolute atomic E-state index is 0.0591. The molecule has 0 saturated heterocycles. The van der Waals surface area contributed by atoms with Gasteiger partial charge in [-0.1, -0.05) is 35.4 Å². The Morgan fingerprint density at radius 1 is 1.10 bits per heavy atom. The van der Waals surface area contributed by atoms with Gasteiger partial charge in [0.15, 0.2) is 0 Å². The highest BCUT2D eigenvalue weighted by Gasteiger charge is 2.17. The Bertz CT molecular complexity index is 604. The quantitative estimate of drug-likeness (QED) is 0.867. The molecule has 2 nitrogen and oxygen atoms in total. The summed E-state index contributed by atoms with van der Waals surface area (Å²) in [5, 5.41) is 4.14. The molecule has 2 rings (SSSR count). The Labute approximate surface area is 132 Å². The fourth-order valence-electron chi connectivity index (χ4n) is 2.61. The molecule has 1 N–H and O–H groups in total. The highest BCUT2D eigenvalue weighted by molar-refractivity contribution is 6.30. The second-order valence-corrected chi connectivity index (χ2v) is 5.69. The molecule has 0 aromatic heterocycles. The summed E-state index contributed by atoms with van der Waals surface area (Å²) in [7, 11) is 1.96. The third-order valence-electron chi connectivity index (χ3n) is 3.46. The van der Waals surface area contributed by atoms with Crippen LogP contribution in [-0.4, -0.2) is 13.7 Å². The number of hydrogen-bond donors (Lipinski definition) is 1. The van der Waals surface area contributed by atoms with Crippen LogP contribution in [0.2, 0.25) is 5.02 Å². The summed E-state index contributed by atoms with van der Waals surface area (Å²) in [6.07, 6.45) is 0. The van der Waals surface area contributed by atoms with Crippen LogP contribution in [0.25, 0.3) is 0 Å². The van der Waals surface area contributed by atoms with Crippen LogP contribution in [0.3, 0.4) is 0 Å². The van der Waals surface area contributed by atoms with Gasteiger partial charge >= 0.3 is 0 Å². The Kier molecular flexibility index (Phi) is 5.27. The molecular formula is C18H22ClNO. The van der Waals surface area contributed by atoms with E-state index in [4.69, 9.17) is 16.3 Å². The average Bonchev–Trinajstić information content (AvgIpc) is 2.41. The molecular weight excluding hydrogens is 282 g/mol. The maximum atomic E-state index is 6.21. The molecule has 0 heterocycles. The van der Waals surface area contributed by atoms with Crippen molar-refractivity contribution in [2.24, 2.45) is 0 Å². The lowest BCUT2D eigenvalue weighted by Crippen LogP contribution is -2.19. The summed E-state index contributed by atoms with van der Waals surface area (Å²) in [5.74, 6) is 0.917. The maximum Gasteiger partial charge on any atom is 0.124 e. The van der Waals surface area contributed by atoms with Crippen molar-refractivity contribution in [2.75, 3.05) is 13.7 Å². The predicted octanol–water partition coefficient (Wildman–Crippen LogP) is 4.66. The Morgan fingerprint density at radius 3 is 2.48 bits per heavy atom. The van der Waals surface area contributed by atoms with E-state index >= 15 is 0 Å². The van der Waals surface area contributed by atoms with Gasteiger partial charge in [-0.05, 0) is 57.1 Å². The zero-order valence-electron chi connectivity index (χ0n) is 13.0. The third-order valence-corrected chi connectivity index (χ3v) is 3.68. The number of rotatable bonds is 5. The van der Waals surface area contributed by atoms with Crippen molar-refractivity contribution in [3.8, 4) is 5.75 Å². The van der Waals surface area contributed by atoms with Gasteiger partial charge in [-0.3, -0.25) is 0 Å². The van der Waals surface area contributed by atoms with Gasteiger partial charge in [-0.2, -0.15) is 0 Å². The lowest BCUT2D eigenvalue weighted by Gasteiger charge is -2.21. The maximum absolute atomic E-state index is 6.21. The van der Waals surface area contributed by atoms with E-state index in [0.717, 1.165) is 27.5 Å². The number of ether oxygens (including phenoxy) is 1. The second kappa shape index (κ2) is 6.97. The molecule has 0 fully saturated rings. The van der Waals surface area contributed by atoms with E-state index in [1.807, 2.05) is 32.2 Å². The van der Waals surface area contributed by atoms with Crippen LogP contribution in [0.5, 0.6) is 5.75 Å². The summed E-state index contributed by atoms with van der Waals surface area (Å²) in [6, 6.07) is 12.5. The molecule has 0 saturated carbocycles. The second-order valence-electron chi connectivity index (χ2n) is 5.26. The Morgan fingerprint density at radius 2 is 1.86 bits per heavy atom. The van der Waals surface area contributed by atoms with Crippen LogP contribution in [0.4, 0.5) is 0 Å². The summed E-state index contributed by atoms with van der Waals surface area (Å²) >= 11 is 6.21. The van der Waals surface area contributed by atoms with Gasteiger partial charge in [-0.15, -0.1) is 0 Å². The van der Waals surface area contributed by atoms with Crippen LogP contribution in [0.15, 0.2) is 36.4 Å². The summed E-state index contributed by atoms with van der Waals surface area (Å²) in [6.45, 7) is 6.81. The van der Waals surface area contributed by atoms with Crippen molar-refractivity contribution in [3.05, 3.63) is 63.7 Å². The van der Waals surface area contributed by atoms with Gasteiger partial charge < -0.3 is 10.1 Å². The Balaban J connectivity index is 2.52. The summed E-state index contributed by atoms with van der Waals surface area (Å²) in [4.78, 5) is 0. The van der Waals surface area contributed by atoms with Crippen LogP contribution >= 0.6 is 11.6 Å². The molecule has 112 valence electrons. The van der Waals surface area contributed by atoms with E-state index in [0.29, 0.717) is 6.61 Å². The zero-order valence-corrected chi connectivity index (χ0v) is 13.8. The van der Waals surface area contributed by atoms with Gasteiger partial charge in [0.2, 0.25) is 0 Å². The molecule has 21 heavy (non-hydrogen) atoms. The monoisotopic (exact) mass is 303 g/mol. The number of aryl methyl sites for hydroxylation is 2. The van der Waals surface area contributed by atoms with Crippen LogP contribution < -0.4 is 10.1 Å². The van der Waals surface area contributed by atoms with Gasteiger partial charge in [0.25, 0.3) is 0 Å². The molecule has 0 spiro atoms. The van der Waals surface area contributed by atoms with Gasteiger partial charge in [0.05, 0.1) is 12.6 Å². The van der Waals surface area contributed by atoms with Crippen LogP contribution in [0.1, 0.15) is 35.2 Å². The molecule has 0 aliphatic heterocycles. The molecule has 2 aromatic carbocycles. The zero-order chi connectivity index (χ0) is 15.4. The SMILES string of the molecule is CCOc1ccc(C)cc1C(NC)c1cc(C)cc(Cl)c1. The van der Waals surface area contributed by atoms with Crippen LogP contribution in [0, 0.1) is 13.8 Å². The van der Waals surface area contributed by atoms with E-state index in [2.05, 4.69) is 37.4 Å². The molecule has 0 radical (unpaired) electrons. The number of benzene rings is 2. The number of hydrogen-bond acceptors (Lipinski definition) is 2. The average molecular weight is 304 g/mol. The highest BCUT2D eigenvalue weighted by Crippen LogP contribution is 2.32. The van der Waals surface area contributed by atoms with Crippen molar-refractivity contribution in [2.45, 2.75) is 26.8 Å². The lowest BCUT2D eigenvalue weighted by molar-refractivity contribution is 0.334. The molecule has 3 heteroatoms. The van der Waals surface area contributed by atoms with Crippen molar-refractivity contribution in [1.82, 2.24) is 5.32 Å². The minimum atomic E-state index is 0.0591. The summed E-state index contributed by atoms with van der Waals surface area (Å²) in [5.41, 5.74) is 4.66. The molecule has 0 aliphatic rings. The standard InChI is InChI=1S/C18H22ClNO/c1-5-21-17-7-6-12(2)10-16(17)18(20-4)14-8-13(3)9-15(19)11-14/h6-11,18,20H,5H2,1-4H3. The van der Waals surface area contributed by atoms with Gasteiger partial charge in [0.1, 0.15) is 5.75 Å². The molecule has 0 amide bonds. The Hall–Kier alpha value is -1.51. The molecule has 2 aromatic rings. The van der Waals surface area contributed by atoms with E-state index < -0.39 is 0 Å². The molecule has 1 unspecified atom stereocenters. The van der Waals surface area contributed by atoms with Gasteiger partial charge in [-0.25, -0.2) is 0 Å². The first-order valence-corrected chi connectivity index (χ1v) is 7.60. The normalized spacial score (nSPS) is 12.2. The number of halogens is 1. The highest BCUT2D eigenvalue weighted by atomic mass is 35.5. The topological polar surface area (TPSA) is 21.3 Å². The fraction of sp³-hybridized carbons (Fsp3) is 0.333. The van der Waals surface area contributed by atoms with Crippen molar-refractivity contribution >= 4 is 11.6 Å². The smallest absolute Gasteiger partial charge is 0.124 e. The van der Waals surface area contributed by atoms with Gasteiger partial charge in [0, 0.05) is 10.6 Å². The first-order valence-electron chi connectivity index (χ1n) is 7.22. The predicted molar refractivity (Wildman–Crippen MR) is 89.4 cm³/mol. The third kappa shape index (κ3) is 3.78. The van der Waals surface area contributed by atoms with E-state index in [1.54, 1.807) is 0 Å². The number of nitrogens with one attached hydrogen (secondary N) is 1. The van der Waals surface area contributed by atoms with E-state index in [-0.39, 0.29) is 6.04 Å². The van der Waals surface area contributed by atoms with Crippen molar-refractivity contribution in [1.29, 1.82) is 0 Å². The lowest BCUT2D eigenvalue weighted by atomic mass is 9.95. The van der Waals surface area contributed by atoms with E-state index in [9.17, 15) is 0 Å². The summed E-state index contributed by atoms with van der Waals surface area (Å²) < 4.78 is 5.78. The first kappa shape index (κ1) is 15.9.